The summed E-state index contributed by atoms with van der Waals surface area (Å²) in [5.41, 5.74) is 1.57. The van der Waals surface area contributed by atoms with E-state index in [9.17, 15) is 4.79 Å². The normalized spacial score (nSPS) is 22.9. The molecule has 4 rings (SSSR count). The minimum Gasteiger partial charge on any atom is -0.337 e. The smallest absolute Gasteiger partial charge is 0.315 e. The van der Waals surface area contributed by atoms with E-state index in [1.807, 2.05) is 0 Å². The van der Waals surface area contributed by atoms with Crippen LogP contribution in [0.1, 0.15) is 44.1 Å². The molecule has 3 aliphatic rings. The second kappa shape index (κ2) is 5.04. The SMILES string of the molecule is O=C(NCC1(c2ccccc2)CC1)NC(C1CC1)C1CC1. The number of rotatable bonds is 6. The van der Waals surface area contributed by atoms with Gasteiger partial charge in [-0.3, -0.25) is 0 Å². The number of benzene rings is 1. The van der Waals surface area contributed by atoms with E-state index in [-0.39, 0.29) is 11.4 Å². The van der Waals surface area contributed by atoms with E-state index in [4.69, 9.17) is 0 Å². The summed E-state index contributed by atoms with van der Waals surface area (Å²) in [7, 11) is 0. The van der Waals surface area contributed by atoms with Crippen LogP contribution in [0.5, 0.6) is 0 Å². The highest BCUT2D eigenvalue weighted by atomic mass is 16.2. The van der Waals surface area contributed by atoms with Crippen LogP contribution in [-0.2, 0) is 5.41 Å². The quantitative estimate of drug-likeness (QED) is 0.827. The highest BCUT2D eigenvalue weighted by Gasteiger charge is 2.45. The van der Waals surface area contributed by atoms with Crippen LogP contribution in [0.3, 0.4) is 0 Å². The van der Waals surface area contributed by atoms with Gasteiger partial charge in [-0.05, 0) is 55.9 Å². The lowest BCUT2D eigenvalue weighted by molar-refractivity contribution is 0.232. The highest BCUT2D eigenvalue weighted by Crippen LogP contribution is 2.47. The van der Waals surface area contributed by atoms with E-state index in [0.29, 0.717) is 6.04 Å². The Bertz CT molecular complexity index is 503. The minimum atomic E-state index is 0.0426. The van der Waals surface area contributed by atoms with E-state index < -0.39 is 0 Å². The van der Waals surface area contributed by atoms with Gasteiger partial charge in [0, 0.05) is 18.0 Å². The summed E-state index contributed by atoms with van der Waals surface area (Å²) in [5, 5.41) is 6.37. The Labute approximate surface area is 126 Å². The van der Waals surface area contributed by atoms with E-state index in [2.05, 4.69) is 41.0 Å². The summed E-state index contributed by atoms with van der Waals surface area (Å²) in [6.07, 6.45) is 7.58. The number of nitrogens with one attached hydrogen (secondary N) is 2. The summed E-state index contributed by atoms with van der Waals surface area (Å²) >= 11 is 0. The maximum Gasteiger partial charge on any atom is 0.315 e. The lowest BCUT2D eigenvalue weighted by atomic mass is 9.96. The molecule has 0 heterocycles. The summed E-state index contributed by atoms with van der Waals surface area (Å²) in [6.45, 7) is 0.769. The molecule has 0 aromatic heterocycles. The molecule has 3 aliphatic carbocycles. The predicted molar refractivity (Wildman–Crippen MR) is 83.1 cm³/mol. The van der Waals surface area contributed by atoms with Gasteiger partial charge >= 0.3 is 6.03 Å². The van der Waals surface area contributed by atoms with Gasteiger partial charge in [-0.1, -0.05) is 30.3 Å². The van der Waals surface area contributed by atoms with Crippen molar-refractivity contribution >= 4 is 6.03 Å². The number of carbonyl (C=O) groups is 1. The number of amides is 2. The summed E-state index contributed by atoms with van der Waals surface area (Å²) in [6, 6.07) is 11.1. The first-order valence-corrected chi connectivity index (χ1v) is 8.37. The van der Waals surface area contributed by atoms with E-state index in [1.165, 1.54) is 44.1 Å². The topological polar surface area (TPSA) is 41.1 Å². The molecule has 3 saturated carbocycles. The van der Waals surface area contributed by atoms with Crippen molar-refractivity contribution in [3.05, 3.63) is 35.9 Å². The fraction of sp³-hybridized carbons (Fsp3) is 0.611. The lowest BCUT2D eigenvalue weighted by Gasteiger charge is -2.21. The van der Waals surface area contributed by atoms with Crippen LogP contribution in [0.15, 0.2) is 30.3 Å². The maximum atomic E-state index is 12.2. The fourth-order valence-corrected chi connectivity index (χ4v) is 3.49. The number of hydrogen-bond acceptors (Lipinski definition) is 1. The van der Waals surface area contributed by atoms with Crippen molar-refractivity contribution in [3.8, 4) is 0 Å². The van der Waals surface area contributed by atoms with Crippen LogP contribution >= 0.6 is 0 Å². The summed E-state index contributed by atoms with van der Waals surface area (Å²) in [4.78, 5) is 12.2. The van der Waals surface area contributed by atoms with E-state index in [1.54, 1.807) is 0 Å². The molecule has 3 heteroatoms. The van der Waals surface area contributed by atoms with Crippen LogP contribution in [-0.4, -0.2) is 18.6 Å². The van der Waals surface area contributed by atoms with Crippen LogP contribution in [0.4, 0.5) is 4.79 Å². The Morgan fingerprint density at radius 1 is 1.10 bits per heavy atom. The molecule has 0 bridgehead atoms. The zero-order chi connectivity index (χ0) is 14.3. The molecule has 112 valence electrons. The Kier molecular flexibility index (Phi) is 3.16. The van der Waals surface area contributed by atoms with Crippen molar-refractivity contribution in [2.75, 3.05) is 6.54 Å². The molecule has 0 radical (unpaired) electrons. The number of hydrogen-bond donors (Lipinski definition) is 2. The Morgan fingerprint density at radius 3 is 2.24 bits per heavy atom. The predicted octanol–water partition coefficient (Wildman–Crippen LogP) is 3.21. The second-order valence-corrected chi connectivity index (χ2v) is 7.17. The van der Waals surface area contributed by atoms with Crippen LogP contribution in [0.2, 0.25) is 0 Å². The Morgan fingerprint density at radius 2 is 1.71 bits per heavy atom. The first-order chi connectivity index (χ1) is 10.3. The molecule has 0 aliphatic heterocycles. The maximum absolute atomic E-state index is 12.2. The summed E-state index contributed by atoms with van der Waals surface area (Å²) in [5.74, 6) is 1.51. The van der Waals surface area contributed by atoms with Gasteiger partial charge in [0.25, 0.3) is 0 Å². The standard InChI is InChI=1S/C18H24N2O/c21-17(20-16(13-6-7-13)14-8-9-14)19-12-18(10-11-18)15-4-2-1-3-5-15/h1-5,13-14,16H,6-12H2,(H2,19,20,21). The van der Waals surface area contributed by atoms with Crippen molar-refractivity contribution in [3.63, 3.8) is 0 Å². The van der Waals surface area contributed by atoms with Crippen molar-refractivity contribution in [1.82, 2.24) is 10.6 Å². The zero-order valence-electron chi connectivity index (χ0n) is 12.5. The number of urea groups is 1. The summed E-state index contributed by atoms with van der Waals surface area (Å²) < 4.78 is 0. The van der Waals surface area contributed by atoms with E-state index >= 15 is 0 Å². The molecular formula is C18H24N2O. The number of carbonyl (C=O) groups excluding carboxylic acids is 1. The van der Waals surface area contributed by atoms with Gasteiger partial charge in [0.2, 0.25) is 0 Å². The third-order valence-corrected chi connectivity index (χ3v) is 5.38. The Hall–Kier alpha value is -1.51. The zero-order valence-corrected chi connectivity index (χ0v) is 12.5. The van der Waals surface area contributed by atoms with E-state index in [0.717, 1.165) is 18.4 Å². The average Bonchev–Trinajstić information content (AvgIpc) is 3.41. The highest BCUT2D eigenvalue weighted by molar-refractivity contribution is 5.74. The van der Waals surface area contributed by atoms with Gasteiger partial charge in [0.05, 0.1) is 0 Å². The molecule has 2 N–H and O–H groups in total. The molecule has 1 aromatic carbocycles. The molecule has 3 nitrogen and oxygen atoms in total. The monoisotopic (exact) mass is 284 g/mol. The molecule has 3 fully saturated rings. The Balaban J connectivity index is 1.31. The van der Waals surface area contributed by atoms with Crippen molar-refractivity contribution in [1.29, 1.82) is 0 Å². The molecule has 0 unspecified atom stereocenters. The minimum absolute atomic E-state index is 0.0426. The van der Waals surface area contributed by atoms with Crippen molar-refractivity contribution in [2.45, 2.75) is 50.0 Å². The third kappa shape index (κ3) is 2.92. The van der Waals surface area contributed by atoms with Crippen LogP contribution in [0, 0.1) is 11.8 Å². The molecule has 0 spiro atoms. The van der Waals surface area contributed by atoms with Gasteiger partial charge in [-0.15, -0.1) is 0 Å². The third-order valence-electron chi connectivity index (χ3n) is 5.38. The van der Waals surface area contributed by atoms with Crippen LogP contribution < -0.4 is 10.6 Å². The van der Waals surface area contributed by atoms with Gasteiger partial charge < -0.3 is 10.6 Å². The second-order valence-electron chi connectivity index (χ2n) is 7.17. The molecule has 2 amide bonds. The molecule has 1 aromatic rings. The van der Waals surface area contributed by atoms with Gasteiger partial charge in [-0.25, -0.2) is 4.79 Å². The van der Waals surface area contributed by atoms with Crippen molar-refractivity contribution in [2.24, 2.45) is 11.8 Å². The van der Waals surface area contributed by atoms with Gasteiger partial charge in [0.15, 0.2) is 0 Å². The van der Waals surface area contributed by atoms with Gasteiger partial charge in [0.1, 0.15) is 0 Å². The molecular weight excluding hydrogens is 260 g/mol. The molecule has 0 saturated heterocycles. The van der Waals surface area contributed by atoms with Crippen LogP contribution in [0.25, 0.3) is 0 Å². The largest absolute Gasteiger partial charge is 0.337 e. The fourth-order valence-electron chi connectivity index (χ4n) is 3.49. The first kappa shape index (κ1) is 13.2. The molecule has 21 heavy (non-hydrogen) atoms. The average molecular weight is 284 g/mol. The van der Waals surface area contributed by atoms with Gasteiger partial charge in [-0.2, -0.15) is 0 Å². The van der Waals surface area contributed by atoms with Crippen molar-refractivity contribution < 1.29 is 4.79 Å². The lowest BCUT2D eigenvalue weighted by Crippen LogP contribution is -2.46. The first-order valence-electron chi connectivity index (χ1n) is 8.37. The molecule has 0 atom stereocenters.